The molecule has 12 nitrogen and oxygen atoms in total. The van der Waals surface area contributed by atoms with Crippen molar-refractivity contribution in [2.45, 2.75) is 46.2 Å². The Morgan fingerprint density at radius 1 is 1.21 bits per heavy atom. The van der Waals surface area contributed by atoms with Crippen LogP contribution in [0.2, 0.25) is 0 Å². The molecule has 1 amide bonds. The van der Waals surface area contributed by atoms with Gasteiger partial charge in [-0.2, -0.15) is 4.52 Å². The van der Waals surface area contributed by atoms with E-state index in [-0.39, 0.29) is 34.3 Å². The van der Waals surface area contributed by atoms with E-state index in [2.05, 4.69) is 30.4 Å². The number of nitrogens with zero attached hydrogens (tertiary/aromatic N) is 5. The third-order valence-corrected chi connectivity index (χ3v) is 4.93. The van der Waals surface area contributed by atoms with Crippen molar-refractivity contribution in [3.8, 4) is 5.88 Å². The summed E-state index contributed by atoms with van der Waals surface area (Å²) in [5.74, 6) is -1.13. The maximum atomic E-state index is 13.1. The molecule has 0 unspecified atom stereocenters. The van der Waals surface area contributed by atoms with Gasteiger partial charge in [0.15, 0.2) is 17.1 Å². The predicted molar refractivity (Wildman–Crippen MR) is 118 cm³/mol. The molecular formula is C21H25N7O5. The van der Waals surface area contributed by atoms with Gasteiger partial charge in [0.2, 0.25) is 5.88 Å². The highest BCUT2D eigenvalue weighted by Gasteiger charge is 2.30. The second kappa shape index (κ2) is 8.19. The SMILES string of the molecule is COC(=O)c1cnc(Nc2cc3n(CC(C)(C)C)c(O)c(C(=O)NC4CC4)c(=O)n3n2)cn1. The molecule has 174 valence electrons. The largest absolute Gasteiger partial charge is 0.494 e. The average molecular weight is 455 g/mol. The van der Waals surface area contributed by atoms with Gasteiger partial charge in [-0.15, -0.1) is 5.10 Å². The van der Waals surface area contributed by atoms with Gasteiger partial charge in [-0.05, 0) is 18.3 Å². The zero-order valence-electron chi connectivity index (χ0n) is 18.7. The van der Waals surface area contributed by atoms with Crippen molar-refractivity contribution in [3.63, 3.8) is 0 Å². The standard InChI is InChI=1S/C21H25N7O5/c1-21(2,3)10-27-15-7-13(25-14-9-22-12(8-23-14)20(32)33-4)26-28(15)19(31)16(18(27)30)17(29)24-11-5-6-11/h7-9,11,30H,5-6,10H2,1-4H3,(H,24,29)(H,23,25,26). The fourth-order valence-corrected chi connectivity index (χ4v) is 3.27. The van der Waals surface area contributed by atoms with Crippen LogP contribution in [-0.2, 0) is 11.3 Å². The molecule has 3 heterocycles. The van der Waals surface area contributed by atoms with Crippen LogP contribution in [0.3, 0.4) is 0 Å². The molecule has 0 radical (unpaired) electrons. The number of aromatic nitrogens is 5. The van der Waals surface area contributed by atoms with Crippen molar-refractivity contribution in [3.05, 3.63) is 40.1 Å². The monoisotopic (exact) mass is 455 g/mol. The van der Waals surface area contributed by atoms with Crippen molar-refractivity contribution in [1.29, 1.82) is 0 Å². The van der Waals surface area contributed by atoms with Crippen molar-refractivity contribution >= 4 is 29.2 Å². The topological polar surface area (TPSA) is 153 Å². The van der Waals surface area contributed by atoms with Crippen LogP contribution in [0.4, 0.5) is 11.6 Å². The minimum Gasteiger partial charge on any atom is -0.494 e. The molecule has 0 aromatic carbocycles. The van der Waals surface area contributed by atoms with E-state index in [0.717, 1.165) is 17.4 Å². The first-order valence-corrected chi connectivity index (χ1v) is 10.4. The summed E-state index contributed by atoms with van der Waals surface area (Å²) in [6.07, 6.45) is 4.26. The van der Waals surface area contributed by atoms with Gasteiger partial charge < -0.3 is 20.5 Å². The van der Waals surface area contributed by atoms with Crippen molar-refractivity contribution in [2.24, 2.45) is 5.41 Å². The third-order valence-electron chi connectivity index (χ3n) is 4.93. The number of hydrogen-bond acceptors (Lipinski definition) is 9. The van der Waals surface area contributed by atoms with E-state index in [4.69, 9.17) is 0 Å². The normalized spacial score (nSPS) is 13.7. The molecule has 4 rings (SSSR count). The molecule has 3 N–H and O–H groups in total. The summed E-state index contributed by atoms with van der Waals surface area (Å²) < 4.78 is 7.17. The van der Waals surface area contributed by atoms with Gasteiger partial charge in [-0.25, -0.2) is 14.8 Å². The Bertz CT molecular complexity index is 1280. The minimum atomic E-state index is -0.731. The first kappa shape index (κ1) is 22.2. The lowest BCUT2D eigenvalue weighted by Crippen LogP contribution is -2.35. The Balaban J connectivity index is 1.76. The van der Waals surface area contributed by atoms with E-state index in [1.807, 2.05) is 20.8 Å². The number of hydrogen-bond donors (Lipinski definition) is 3. The van der Waals surface area contributed by atoms with Gasteiger partial charge in [0, 0.05) is 18.7 Å². The van der Waals surface area contributed by atoms with Gasteiger partial charge in [0.1, 0.15) is 11.5 Å². The molecule has 0 bridgehead atoms. The fourth-order valence-electron chi connectivity index (χ4n) is 3.27. The van der Waals surface area contributed by atoms with Crippen LogP contribution >= 0.6 is 0 Å². The summed E-state index contributed by atoms with van der Waals surface area (Å²) in [4.78, 5) is 45.4. The molecular weight excluding hydrogens is 430 g/mol. The van der Waals surface area contributed by atoms with Gasteiger partial charge in [0.25, 0.3) is 11.5 Å². The summed E-state index contributed by atoms with van der Waals surface area (Å²) in [7, 11) is 1.24. The molecule has 0 spiro atoms. The van der Waals surface area contributed by atoms with Gasteiger partial charge in [-0.3, -0.25) is 14.2 Å². The van der Waals surface area contributed by atoms with Gasteiger partial charge in [0.05, 0.1) is 19.5 Å². The first-order chi connectivity index (χ1) is 15.6. The minimum absolute atomic E-state index is 0.0180. The molecule has 1 saturated carbocycles. The number of carbonyl (C=O) groups is 2. The Morgan fingerprint density at radius 2 is 1.94 bits per heavy atom. The number of methoxy groups -OCH3 is 1. The number of carbonyl (C=O) groups excluding carboxylic acids is 2. The smallest absolute Gasteiger partial charge is 0.358 e. The van der Waals surface area contributed by atoms with Crippen LogP contribution in [0.1, 0.15) is 54.5 Å². The quantitative estimate of drug-likeness (QED) is 0.469. The summed E-state index contributed by atoms with van der Waals surface area (Å²) in [6, 6.07) is 1.58. The lowest BCUT2D eigenvalue weighted by atomic mass is 9.96. The van der Waals surface area contributed by atoms with Gasteiger partial charge in [-0.1, -0.05) is 20.8 Å². The molecule has 1 aliphatic carbocycles. The molecule has 0 saturated heterocycles. The second-order valence-corrected chi connectivity index (χ2v) is 9.10. The van der Waals surface area contributed by atoms with E-state index >= 15 is 0 Å². The maximum Gasteiger partial charge on any atom is 0.358 e. The Morgan fingerprint density at radius 3 is 2.52 bits per heavy atom. The summed E-state index contributed by atoms with van der Waals surface area (Å²) in [5, 5.41) is 20.8. The molecule has 1 fully saturated rings. The lowest BCUT2D eigenvalue weighted by molar-refractivity contribution is 0.0593. The Kier molecular flexibility index (Phi) is 5.52. The molecule has 0 aliphatic heterocycles. The summed E-state index contributed by atoms with van der Waals surface area (Å²) in [6.45, 7) is 6.24. The van der Waals surface area contributed by atoms with Crippen molar-refractivity contribution < 1.29 is 19.4 Å². The third kappa shape index (κ3) is 4.64. The van der Waals surface area contributed by atoms with Crippen LogP contribution in [0.5, 0.6) is 5.88 Å². The number of amides is 1. The maximum absolute atomic E-state index is 13.1. The van der Waals surface area contributed by atoms with E-state index in [1.54, 1.807) is 6.07 Å². The number of fused-ring (bicyclic) bond motifs is 1. The van der Waals surface area contributed by atoms with E-state index in [1.165, 1.54) is 24.1 Å². The summed E-state index contributed by atoms with van der Waals surface area (Å²) in [5.41, 5.74) is -1.01. The molecule has 33 heavy (non-hydrogen) atoms. The number of anilines is 2. The molecule has 3 aromatic heterocycles. The molecule has 1 aliphatic rings. The number of aromatic hydroxyl groups is 1. The van der Waals surface area contributed by atoms with Crippen LogP contribution in [0.15, 0.2) is 23.3 Å². The first-order valence-electron chi connectivity index (χ1n) is 10.4. The Labute approximate surface area is 188 Å². The number of nitrogens with one attached hydrogen (secondary N) is 2. The van der Waals surface area contributed by atoms with Crippen LogP contribution in [0, 0.1) is 5.41 Å². The number of esters is 1. The van der Waals surface area contributed by atoms with Crippen LogP contribution < -0.4 is 16.2 Å². The second-order valence-electron chi connectivity index (χ2n) is 9.10. The highest BCUT2D eigenvalue weighted by atomic mass is 16.5. The van der Waals surface area contributed by atoms with Crippen LogP contribution in [0.25, 0.3) is 5.65 Å². The highest BCUT2D eigenvalue weighted by Crippen LogP contribution is 2.27. The van der Waals surface area contributed by atoms with Crippen LogP contribution in [-0.4, -0.2) is 54.3 Å². The molecule has 3 aromatic rings. The number of ether oxygens (including phenoxy) is 1. The van der Waals surface area contributed by atoms with E-state index in [0.29, 0.717) is 12.2 Å². The van der Waals surface area contributed by atoms with Gasteiger partial charge >= 0.3 is 5.97 Å². The zero-order valence-corrected chi connectivity index (χ0v) is 18.7. The molecule has 12 heteroatoms. The Hall–Kier alpha value is -3.96. The summed E-state index contributed by atoms with van der Waals surface area (Å²) >= 11 is 0. The highest BCUT2D eigenvalue weighted by molar-refractivity contribution is 5.96. The average Bonchev–Trinajstić information content (AvgIpc) is 3.46. The zero-order chi connectivity index (χ0) is 23.9. The van der Waals surface area contributed by atoms with Crippen molar-refractivity contribution in [2.75, 3.05) is 12.4 Å². The van der Waals surface area contributed by atoms with E-state index in [9.17, 15) is 19.5 Å². The number of rotatable bonds is 6. The van der Waals surface area contributed by atoms with Crippen molar-refractivity contribution in [1.82, 2.24) is 29.5 Å². The molecule has 0 atom stereocenters. The lowest BCUT2D eigenvalue weighted by Gasteiger charge is -2.23. The fraction of sp³-hybridized carbons (Fsp3) is 0.429. The van der Waals surface area contributed by atoms with E-state index < -0.39 is 23.3 Å². The predicted octanol–water partition coefficient (Wildman–Crippen LogP) is 1.46.